The number of Topliss-reactive ketones (excluding diaryl/α,β-unsaturated/α-hetero) is 1. The van der Waals surface area contributed by atoms with Crippen molar-refractivity contribution in [2.75, 3.05) is 7.11 Å². The van der Waals surface area contributed by atoms with Gasteiger partial charge in [0.1, 0.15) is 0 Å². The van der Waals surface area contributed by atoms with E-state index in [-0.39, 0.29) is 6.42 Å². The first-order chi connectivity index (χ1) is 7.72. The minimum atomic E-state index is -0.801. The Labute approximate surface area is 92.2 Å². The Morgan fingerprint density at radius 2 is 2.06 bits per heavy atom. The largest absolute Gasteiger partial charge is 0.463 e. The molecule has 82 valence electrons. The number of methoxy groups -OCH3 is 1. The van der Waals surface area contributed by atoms with Crippen LogP contribution in [-0.2, 0) is 20.7 Å². The summed E-state index contributed by atoms with van der Waals surface area (Å²) >= 11 is 0. The predicted octanol–water partition coefficient (Wildman–Crippen LogP) is 1.45. The second kappa shape index (κ2) is 4.18. The molecule has 0 spiro atoms. The number of hydrogen-bond donors (Lipinski definition) is 1. The van der Waals surface area contributed by atoms with E-state index in [4.69, 9.17) is 0 Å². The summed E-state index contributed by atoms with van der Waals surface area (Å²) in [6.45, 7) is 0. The van der Waals surface area contributed by atoms with E-state index in [9.17, 15) is 9.59 Å². The van der Waals surface area contributed by atoms with Gasteiger partial charge in [0, 0.05) is 23.5 Å². The molecule has 0 aliphatic carbocycles. The van der Waals surface area contributed by atoms with Gasteiger partial charge in [-0.2, -0.15) is 0 Å². The minimum absolute atomic E-state index is 0.0662. The van der Waals surface area contributed by atoms with Gasteiger partial charge in [0.25, 0.3) is 0 Å². The third-order valence-corrected chi connectivity index (χ3v) is 2.44. The van der Waals surface area contributed by atoms with Crippen LogP contribution < -0.4 is 0 Å². The van der Waals surface area contributed by atoms with Gasteiger partial charge in [-0.1, -0.05) is 18.2 Å². The highest BCUT2D eigenvalue weighted by atomic mass is 16.5. The van der Waals surface area contributed by atoms with Gasteiger partial charge < -0.3 is 9.72 Å². The first-order valence-corrected chi connectivity index (χ1v) is 4.88. The maximum atomic E-state index is 11.4. The quantitative estimate of drug-likeness (QED) is 0.625. The highest BCUT2D eigenvalue weighted by Crippen LogP contribution is 2.18. The summed E-state index contributed by atoms with van der Waals surface area (Å²) < 4.78 is 4.37. The lowest BCUT2D eigenvalue weighted by Gasteiger charge is -1.97. The zero-order valence-corrected chi connectivity index (χ0v) is 8.82. The van der Waals surface area contributed by atoms with Crippen molar-refractivity contribution in [2.45, 2.75) is 6.42 Å². The Morgan fingerprint density at radius 1 is 1.31 bits per heavy atom. The Balaban J connectivity index is 2.28. The molecule has 4 nitrogen and oxygen atoms in total. The van der Waals surface area contributed by atoms with Crippen LogP contribution >= 0.6 is 0 Å². The Morgan fingerprint density at radius 3 is 2.81 bits per heavy atom. The lowest BCUT2D eigenvalue weighted by Crippen LogP contribution is -2.17. The number of esters is 1. The van der Waals surface area contributed by atoms with Gasteiger partial charge >= 0.3 is 5.97 Å². The van der Waals surface area contributed by atoms with Crippen molar-refractivity contribution in [3.63, 3.8) is 0 Å². The number of aromatic amines is 1. The molecular weight excluding hydrogens is 206 g/mol. The molecule has 2 rings (SSSR count). The summed E-state index contributed by atoms with van der Waals surface area (Å²) in [4.78, 5) is 25.4. The van der Waals surface area contributed by atoms with E-state index < -0.39 is 11.8 Å². The molecule has 0 bridgehead atoms. The van der Waals surface area contributed by atoms with Crippen molar-refractivity contribution >= 4 is 22.7 Å². The van der Waals surface area contributed by atoms with E-state index in [1.54, 1.807) is 6.20 Å². The van der Waals surface area contributed by atoms with E-state index in [1.165, 1.54) is 7.11 Å². The fourth-order valence-corrected chi connectivity index (χ4v) is 1.64. The molecule has 0 saturated carbocycles. The van der Waals surface area contributed by atoms with Gasteiger partial charge in [0.2, 0.25) is 5.78 Å². The Hall–Kier alpha value is -2.10. The molecular formula is C12H11NO3. The highest BCUT2D eigenvalue weighted by Gasteiger charge is 2.16. The molecule has 2 aromatic rings. The van der Waals surface area contributed by atoms with Gasteiger partial charge in [-0.15, -0.1) is 0 Å². The molecule has 0 radical (unpaired) electrons. The molecule has 0 amide bonds. The second-order valence-corrected chi connectivity index (χ2v) is 3.45. The van der Waals surface area contributed by atoms with E-state index in [2.05, 4.69) is 9.72 Å². The molecule has 1 aromatic carbocycles. The molecule has 4 heteroatoms. The van der Waals surface area contributed by atoms with Crippen LogP contribution in [0.1, 0.15) is 5.56 Å². The van der Waals surface area contributed by atoms with Gasteiger partial charge in [0.05, 0.1) is 7.11 Å². The average molecular weight is 217 g/mol. The van der Waals surface area contributed by atoms with Crippen LogP contribution in [0.15, 0.2) is 30.5 Å². The van der Waals surface area contributed by atoms with Crippen LogP contribution in [-0.4, -0.2) is 23.8 Å². The molecule has 0 aliphatic heterocycles. The molecule has 1 N–H and O–H groups in total. The van der Waals surface area contributed by atoms with E-state index in [1.807, 2.05) is 24.3 Å². The topological polar surface area (TPSA) is 59.2 Å². The second-order valence-electron chi connectivity index (χ2n) is 3.45. The van der Waals surface area contributed by atoms with Crippen LogP contribution in [0.4, 0.5) is 0 Å². The van der Waals surface area contributed by atoms with Gasteiger partial charge in [0.15, 0.2) is 0 Å². The normalized spacial score (nSPS) is 10.3. The van der Waals surface area contributed by atoms with Gasteiger partial charge in [-0.3, -0.25) is 4.79 Å². The van der Waals surface area contributed by atoms with Crippen molar-refractivity contribution in [1.82, 2.24) is 4.98 Å². The summed E-state index contributed by atoms with van der Waals surface area (Å²) in [6, 6.07) is 7.63. The standard InChI is InChI=1S/C12H11NO3/c1-16-12(15)11(14)6-8-7-13-10-5-3-2-4-9(8)10/h2-5,7,13H,6H2,1H3. The van der Waals surface area contributed by atoms with E-state index in [0.717, 1.165) is 16.5 Å². The molecule has 0 atom stereocenters. The highest BCUT2D eigenvalue weighted by molar-refractivity contribution is 6.34. The number of benzene rings is 1. The number of carbonyl (C=O) groups excluding carboxylic acids is 2. The van der Waals surface area contributed by atoms with Crippen LogP contribution in [0.5, 0.6) is 0 Å². The van der Waals surface area contributed by atoms with Crippen molar-refractivity contribution in [3.05, 3.63) is 36.0 Å². The van der Waals surface area contributed by atoms with Crippen molar-refractivity contribution in [1.29, 1.82) is 0 Å². The van der Waals surface area contributed by atoms with Crippen LogP contribution in [0.3, 0.4) is 0 Å². The maximum Gasteiger partial charge on any atom is 0.374 e. The number of fused-ring (bicyclic) bond motifs is 1. The number of para-hydroxylation sites is 1. The number of nitrogens with one attached hydrogen (secondary N) is 1. The van der Waals surface area contributed by atoms with Gasteiger partial charge in [-0.25, -0.2) is 4.79 Å². The van der Waals surface area contributed by atoms with E-state index in [0.29, 0.717) is 0 Å². The zero-order valence-electron chi connectivity index (χ0n) is 8.82. The van der Waals surface area contributed by atoms with E-state index >= 15 is 0 Å². The third-order valence-electron chi connectivity index (χ3n) is 2.44. The molecule has 1 heterocycles. The molecule has 0 aliphatic rings. The zero-order chi connectivity index (χ0) is 11.5. The number of ether oxygens (including phenoxy) is 1. The fraction of sp³-hybridized carbons (Fsp3) is 0.167. The molecule has 0 fully saturated rings. The number of hydrogen-bond acceptors (Lipinski definition) is 3. The summed E-state index contributed by atoms with van der Waals surface area (Å²) in [5.41, 5.74) is 1.76. The van der Waals surface area contributed by atoms with Gasteiger partial charge in [-0.05, 0) is 11.6 Å². The lowest BCUT2D eigenvalue weighted by molar-refractivity contribution is -0.151. The van der Waals surface area contributed by atoms with Crippen molar-refractivity contribution in [2.24, 2.45) is 0 Å². The first kappa shape index (κ1) is 10.4. The SMILES string of the molecule is COC(=O)C(=O)Cc1c[nH]c2ccccc12. The minimum Gasteiger partial charge on any atom is -0.463 e. The first-order valence-electron chi connectivity index (χ1n) is 4.88. The molecule has 0 unspecified atom stereocenters. The maximum absolute atomic E-state index is 11.4. The fourth-order valence-electron chi connectivity index (χ4n) is 1.64. The van der Waals surface area contributed by atoms with Crippen LogP contribution in [0.2, 0.25) is 0 Å². The third kappa shape index (κ3) is 1.82. The van der Waals surface area contributed by atoms with Crippen molar-refractivity contribution in [3.8, 4) is 0 Å². The van der Waals surface area contributed by atoms with Crippen LogP contribution in [0, 0.1) is 0 Å². The monoisotopic (exact) mass is 217 g/mol. The summed E-state index contributed by atoms with van der Waals surface area (Å²) in [7, 11) is 1.20. The summed E-state index contributed by atoms with van der Waals surface area (Å²) in [5, 5.41) is 0.958. The number of aromatic nitrogens is 1. The summed E-state index contributed by atoms with van der Waals surface area (Å²) in [6.07, 6.45) is 1.81. The lowest BCUT2D eigenvalue weighted by atomic mass is 10.1. The number of carbonyl (C=O) groups is 2. The number of ketones is 1. The van der Waals surface area contributed by atoms with Crippen molar-refractivity contribution < 1.29 is 14.3 Å². The predicted molar refractivity (Wildman–Crippen MR) is 59.0 cm³/mol. The molecule has 16 heavy (non-hydrogen) atoms. The molecule has 0 saturated heterocycles. The summed E-state index contributed by atoms with van der Waals surface area (Å²) in [5.74, 6) is -1.34. The molecule has 1 aromatic heterocycles. The number of rotatable bonds is 3. The smallest absolute Gasteiger partial charge is 0.374 e. The Bertz CT molecular complexity index is 542. The number of H-pyrrole nitrogens is 1. The Kier molecular flexibility index (Phi) is 2.72. The van der Waals surface area contributed by atoms with Crippen LogP contribution in [0.25, 0.3) is 10.9 Å². The average Bonchev–Trinajstić information content (AvgIpc) is 2.72.